The normalized spacial score (nSPS) is 18.8. The average Bonchev–Trinajstić information content (AvgIpc) is 3.16. The molecule has 1 aliphatic heterocycles. The monoisotopic (exact) mass is 340 g/mol. The number of hydrogen-bond acceptors (Lipinski definition) is 3. The third kappa shape index (κ3) is 3.47. The molecule has 0 aliphatic carbocycles. The molecule has 134 valence electrons. The van der Waals surface area contributed by atoms with Gasteiger partial charge >= 0.3 is 0 Å². The van der Waals surface area contributed by atoms with Crippen molar-refractivity contribution >= 4 is 11.6 Å². The Balaban J connectivity index is 1.74. The zero-order valence-electron chi connectivity index (χ0n) is 15.8. The van der Waals surface area contributed by atoms with Gasteiger partial charge in [-0.1, -0.05) is 17.7 Å². The predicted octanol–water partition coefficient (Wildman–Crippen LogP) is 3.28. The lowest BCUT2D eigenvalue weighted by Crippen LogP contribution is -2.39. The van der Waals surface area contributed by atoms with Crippen molar-refractivity contribution in [2.75, 3.05) is 11.4 Å². The highest BCUT2D eigenvalue weighted by atomic mass is 16.2. The summed E-state index contributed by atoms with van der Waals surface area (Å²) < 4.78 is 1.91. The Morgan fingerprint density at radius 1 is 1.28 bits per heavy atom. The van der Waals surface area contributed by atoms with Gasteiger partial charge in [-0.25, -0.2) is 0 Å². The summed E-state index contributed by atoms with van der Waals surface area (Å²) in [4.78, 5) is 14.9. The maximum atomic E-state index is 13.0. The number of hydrogen-bond donors (Lipinski definition) is 1. The molecule has 0 radical (unpaired) electrons. The molecule has 25 heavy (non-hydrogen) atoms. The molecule has 1 saturated heterocycles. The molecule has 0 spiro atoms. The van der Waals surface area contributed by atoms with Gasteiger partial charge in [-0.15, -0.1) is 0 Å². The maximum Gasteiger partial charge on any atom is 0.244 e. The molecular weight excluding hydrogens is 312 g/mol. The number of nitrogens with zero attached hydrogens (tertiary/aromatic N) is 3. The minimum absolute atomic E-state index is 0.106. The standard InChI is InChI=1S/C20H28N4O/c1-6-23-12-17(11-21-23)16(5)22-18-7-8-24(20(18)25)19-14(3)9-13(2)10-15(19)4/h9-12,16,18,22H,6-8H2,1-5H3/t16-,18-/m1/s1. The van der Waals surface area contributed by atoms with E-state index in [9.17, 15) is 4.79 Å². The van der Waals surface area contributed by atoms with Crippen LogP contribution in [0.2, 0.25) is 0 Å². The highest BCUT2D eigenvalue weighted by Crippen LogP contribution is 2.30. The Bertz CT molecular complexity index is 757. The van der Waals surface area contributed by atoms with Crippen LogP contribution in [0, 0.1) is 20.8 Å². The van der Waals surface area contributed by atoms with Gasteiger partial charge in [-0.05, 0) is 52.2 Å². The smallest absolute Gasteiger partial charge is 0.244 e. The molecule has 1 aliphatic rings. The first kappa shape index (κ1) is 17.7. The summed E-state index contributed by atoms with van der Waals surface area (Å²) in [6, 6.07) is 4.27. The number of aryl methyl sites for hydroxylation is 4. The molecule has 2 heterocycles. The molecule has 5 nitrogen and oxygen atoms in total. The zero-order chi connectivity index (χ0) is 18.1. The van der Waals surface area contributed by atoms with Crippen molar-refractivity contribution in [3.63, 3.8) is 0 Å². The molecule has 1 N–H and O–H groups in total. The van der Waals surface area contributed by atoms with Gasteiger partial charge in [0.1, 0.15) is 0 Å². The van der Waals surface area contributed by atoms with Gasteiger partial charge in [-0.2, -0.15) is 5.10 Å². The van der Waals surface area contributed by atoms with Gasteiger partial charge in [0.2, 0.25) is 5.91 Å². The lowest BCUT2D eigenvalue weighted by molar-refractivity contribution is -0.119. The molecule has 0 bridgehead atoms. The molecule has 1 fully saturated rings. The van der Waals surface area contributed by atoms with Crippen LogP contribution >= 0.6 is 0 Å². The topological polar surface area (TPSA) is 50.2 Å². The van der Waals surface area contributed by atoms with Crippen molar-refractivity contribution in [2.24, 2.45) is 0 Å². The Hall–Kier alpha value is -2.14. The predicted molar refractivity (Wildman–Crippen MR) is 101 cm³/mol. The average molecular weight is 340 g/mol. The first-order valence-electron chi connectivity index (χ1n) is 9.08. The quantitative estimate of drug-likeness (QED) is 0.909. The van der Waals surface area contributed by atoms with Gasteiger partial charge in [0.15, 0.2) is 0 Å². The third-order valence-electron chi connectivity index (χ3n) is 5.04. The maximum absolute atomic E-state index is 13.0. The van der Waals surface area contributed by atoms with Crippen molar-refractivity contribution in [3.8, 4) is 0 Å². The van der Waals surface area contributed by atoms with Crippen molar-refractivity contribution in [2.45, 2.75) is 59.7 Å². The van der Waals surface area contributed by atoms with Crippen molar-refractivity contribution in [1.82, 2.24) is 15.1 Å². The number of carbonyl (C=O) groups excluding carboxylic acids is 1. The van der Waals surface area contributed by atoms with E-state index in [4.69, 9.17) is 0 Å². The third-order valence-corrected chi connectivity index (χ3v) is 5.04. The number of nitrogens with one attached hydrogen (secondary N) is 1. The summed E-state index contributed by atoms with van der Waals surface area (Å²) in [6.07, 6.45) is 4.76. The first-order chi connectivity index (χ1) is 11.9. The van der Waals surface area contributed by atoms with Gasteiger partial charge in [0, 0.05) is 36.6 Å². The van der Waals surface area contributed by atoms with Crippen LogP contribution in [0.4, 0.5) is 5.69 Å². The van der Waals surface area contributed by atoms with E-state index in [-0.39, 0.29) is 18.0 Å². The molecule has 1 aromatic heterocycles. The fraction of sp³-hybridized carbons (Fsp3) is 0.500. The SMILES string of the molecule is CCn1cc([C@@H](C)N[C@@H]2CCN(c3c(C)cc(C)cc3C)C2=O)cn1. The van der Waals surface area contributed by atoms with Crippen LogP contribution in [-0.2, 0) is 11.3 Å². The van der Waals surface area contributed by atoms with Crippen molar-refractivity contribution in [1.29, 1.82) is 0 Å². The molecule has 5 heteroatoms. The van der Waals surface area contributed by atoms with Crippen LogP contribution in [0.1, 0.15) is 48.6 Å². The summed E-state index contributed by atoms with van der Waals surface area (Å²) in [5.41, 5.74) is 5.77. The number of anilines is 1. The van der Waals surface area contributed by atoms with Crippen molar-refractivity contribution < 1.29 is 4.79 Å². The number of amides is 1. The van der Waals surface area contributed by atoms with Crippen LogP contribution in [0.25, 0.3) is 0 Å². The number of benzene rings is 1. The van der Waals surface area contributed by atoms with E-state index in [1.165, 1.54) is 16.7 Å². The summed E-state index contributed by atoms with van der Waals surface area (Å²) in [6.45, 7) is 12.1. The van der Waals surface area contributed by atoms with E-state index in [2.05, 4.69) is 57.2 Å². The summed E-state index contributed by atoms with van der Waals surface area (Å²) in [7, 11) is 0. The minimum atomic E-state index is -0.139. The second kappa shape index (κ2) is 7.00. The molecule has 0 unspecified atom stereocenters. The molecule has 2 atom stereocenters. The number of rotatable bonds is 5. The minimum Gasteiger partial charge on any atom is -0.310 e. The zero-order valence-corrected chi connectivity index (χ0v) is 15.8. The van der Waals surface area contributed by atoms with Crippen LogP contribution in [-0.4, -0.2) is 28.3 Å². The van der Waals surface area contributed by atoms with Crippen LogP contribution in [0.3, 0.4) is 0 Å². The van der Waals surface area contributed by atoms with E-state index in [0.717, 1.165) is 30.8 Å². The van der Waals surface area contributed by atoms with Crippen molar-refractivity contribution in [3.05, 3.63) is 46.8 Å². The first-order valence-corrected chi connectivity index (χ1v) is 9.08. The van der Waals surface area contributed by atoms with E-state index in [1.54, 1.807) is 0 Å². The van der Waals surface area contributed by atoms with E-state index >= 15 is 0 Å². The Kier molecular flexibility index (Phi) is 4.95. The van der Waals surface area contributed by atoms with Crippen LogP contribution in [0.15, 0.2) is 24.5 Å². The Morgan fingerprint density at radius 2 is 1.96 bits per heavy atom. The lowest BCUT2D eigenvalue weighted by Gasteiger charge is -2.23. The second-order valence-electron chi connectivity index (χ2n) is 7.10. The number of carbonyl (C=O) groups is 1. The Labute approximate surface area is 150 Å². The molecule has 3 rings (SSSR count). The largest absolute Gasteiger partial charge is 0.310 e. The Morgan fingerprint density at radius 3 is 2.56 bits per heavy atom. The van der Waals surface area contributed by atoms with E-state index in [1.807, 2.05) is 22.0 Å². The van der Waals surface area contributed by atoms with Gasteiger partial charge < -0.3 is 4.90 Å². The van der Waals surface area contributed by atoms with Crippen LogP contribution < -0.4 is 10.2 Å². The van der Waals surface area contributed by atoms with Gasteiger partial charge in [0.05, 0.1) is 12.2 Å². The van der Waals surface area contributed by atoms with Gasteiger partial charge in [-0.3, -0.25) is 14.8 Å². The molecule has 0 saturated carbocycles. The molecule has 1 amide bonds. The summed E-state index contributed by atoms with van der Waals surface area (Å²) >= 11 is 0. The molecule has 2 aromatic rings. The highest BCUT2D eigenvalue weighted by molar-refractivity contribution is 6.00. The highest BCUT2D eigenvalue weighted by Gasteiger charge is 2.34. The summed E-state index contributed by atoms with van der Waals surface area (Å²) in [5.74, 6) is 0.171. The molecular formula is C20H28N4O. The van der Waals surface area contributed by atoms with E-state index in [0.29, 0.717) is 0 Å². The van der Waals surface area contributed by atoms with E-state index < -0.39 is 0 Å². The summed E-state index contributed by atoms with van der Waals surface area (Å²) in [5, 5.41) is 7.81. The molecule has 1 aromatic carbocycles. The van der Waals surface area contributed by atoms with Gasteiger partial charge in [0.25, 0.3) is 0 Å². The lowest BCUT2D eigenvalue weighted by atomic mass is 10.0. The fourth-order valence-electron chi connectivity index (χ4n) is 3.83. The second-order valence-corrected chi connectivity index (χ2v) is 7.10. The van der Waals surface area contributed by atoms with Crippen LogP contribution in [0.5, 0.6) is 0 Å². The number of aromatic nitrogens is 2. The fourth-order valence-corrected chi connectivity index (χ4v) is 3.83.